The van der Waals surface area contributed by atoms with E-state index in [1.807, 2.05) is 0 Å². The van der Waals surface area contributed by atoms with E-state index >= 15 is 0 Å². The Hall–Kier alpha value is -5.74. The second-order valence-corrected chi connectivity index (χ2v) is 22.5. The van der Waals surface area contributed by atoms with Gasteiger partial charge in [-0.05, 0) is 174 Å². The van der Waals surface area contributed by atoms with Gasteiger partial charge >= 0.3 is 6.85 Å². The zero-order valence-corrected chi connectivity index (χ0v) is 36.7. The van der Waals surface area contributed by atoms with Crippen LogP contribution in [-0.2, 0) is 10.8 Å². The molecule has 4 heteroatoms. The molecule has 0 amide bonds. The molecule has 3 aromatic heterocycles. The molecule has 0 N–H and O–H groups in total. The van der Waals surface area contributed by atoms with Crippen LogP contribution >= 0.6 is 0 Å². The Bertz CT molecular complexity index is 3770. The summed E-state index contributed by atoms with van der Waals surface area (Å²) in [5, 5.41) is 10.6. The molecular weight excluding hydrogens is 775 g/mol. The maximum absolute atomic E-state index is 7.22. The fourth-order valence-corrected chi connectivity index (χ4v) is 17.3. The monoisotopic (exact) mass is 826 g/mol. The first-order chi connectivity index (χ1) is 31.5. The van der Waals surface area contributed by atoms with Crippen LogP contribution in [0.1, 0.15) is 95.1 Å². The molecule has 5 aliphatic carbocycles. The molecule has 2 aliphatic heterocycles. The minimum atomic E-state index is 0.00313. The zero-order valence-electron chi connectivity index (χ0n) is 36.7. The molecule has 10 aromatic rings. The Morgan fingerprint density at radius 2 is 1.41 bits per heavy atom. The molecule has 310 valence electrons. The molecule has 7 aromatic carbocycles. The van der Waals surface area contributed by atoms with Crippen molar-refractivity contribution >= 4 is 94.1 Å². The largest absolute Gasteiger partial charge is 0.454 e. The molecule has 0 radical (unpaired) electrons. The topological polar surface area (TPSA) is 23.0 Å². The Morgan fingerprint density at radius 1 is 0.594 bits per heavy atom. The van der Waals surface area contributed by atoms with Gasteiger partial charge in [-0.3, -0.25) is 0 Å². The number of hydrogen-bond acceptors (Lipinski definition) is 1. The second kappa shape index (κ2) is 11.6. The highest BCUT2D eigenvalue weighted by Gasteiger charge is 2.53. The quantitative estimate of drug-likeness (QED) is 0.163. The molecular formula is C60H51BN2O. The number of nitrogens with zero attached hydrogens (tertiary/aromatic N) is 2. The van der Waals surface area contributed by atoms with E-state index in [1.165, 1.54) is 170 Å². The van der Waals surface area contributed by atoms with E-state index in [2.05, 4.69) is 131 Å². The van der Waals surface area contributed by atoms with Crippen LogP contribution in [0.4, 0.5) is 0 Å². The minimum Gasteiger partial charge on any atom is -0.454 e. The third kappa shape index (κ3) is 4.04. The molecule has 17 rings (SSSR count). The van der Waals surface area contributed by atoms with Gasteiger partial charge in [-0.1, -0.05) is 98.6 Å². The summed E-state index contributed by atoms with van der Waals surface area (Å²) < 4.78 is 12.7. The van der Waals surface area contributed by atoms with E-state index in [9.17, 15) is 0 Å². The lowest BCUT2D eigenvalue weighted by Gasteiger charge is -2.46. The summed E-state index contributed by atoms with van der Waals surface area (Å²) in [5.74, 6) is 4.53. The van der Waals surface area contributed by atoms with Gasteiger partial charge in [0.25, 0.3) is 0 Å². The van der Waals surface area contributed by atoms with Gasteiger partial charge in [0.1, 0.15) is 5.58 Å². The van der Waals surface area contributed by atoms with Gasteiger partial charge in [0, 0.05) is 54.3 Å². The van der Waals surface area contributed by atoms with Gasteiger partial charge in [-0.2, -0.15) is 0 Å². The first-order valence-electron chi connectivity index (χ1n) is 25.1. The van der Waals surface area contributed by atoms with Crippen molar-refractivity contribution in [2.75, 3.05) is 0 Å². The zero-order chi connectivity index (χ0) is 41.4. The lowest BCUT2D eigenvalue weighted by atomic mass is 9.45. The van der Waals surface area contributed by atoms with Crippen LogP contribution in [0.3, 0.4) is 0 Å². The lowest BCUT2D eigenvalue weighted by Crippen LogP contribution is -2.55. The van der Waals surface area contributed by atoms with Crippen molar-refractivity contribution < 1.29 is 4.42 Å². The third-order valence-electron chi connectivity index (χ3n) is 19.8. The summed E-state index contributed by atoms with van der Waals surface area (Å²) in [7, 11) is 0. The molecule has 7 aliphatic rings. The van der Waals surface area contributed by atoms with Gasteiger partial charge in [0.2, 0.25) is 0 Å². The predicted molar refractivity (Wildman–Crippen MR) is 266 cm³/mol. The number of rotatable bonds is 3. The van der Waals surface area contributed by atoms with Crippen LogP contribution in [0, 0.1) is 29.6 Å². The van der Waals surface area contributed by atoms with E-state index in [1.54, 1.807) is 11.1 Å². The highest BCUT2D eigenvalue weighted by Crippen LogP contribution is 2.62. The number of fused-ring (bicyclic) bond motifs is 20. The molecule has 64 heavy (non-hydrogen) atoms. The number of hydrogen-bond donors (Lipinski definition) is 0. The highest BCUT2D eigenvalue weighted by atomic mass is 16.3. The Balaban J connectivity index is 1.05. The van der Waals surface area contributed by atoms with Crippen molar-refractivity contribution in [2.24, 2.45) is 29.6 Å². The summed E-state index contributed by atoms with van der Waals surface area (Å²) >= 11 is 0. The Kier molecular flexibility index (Phi) is 6.25. The van der Waals surface area contributed by atoms with Crippen LogP contribution in [-0.4, -0.2) is 15.9 Å². The smallest absolute Gasteiger partial charge is 0.333 e. The molecule has 5 saturated carbocycles. The molecule has 6 unspecified atom stereocenters. The van der Waals surface area contributed by atoms with Crippen LogP contribution in [0.25, 0.3) is 93.1 Å². The second-order valence-electron chi connectivity index (χ2n) is 22.5. The summed E-state index contributed by atoms with van der Waals surface area (Å²) in [6.07, 6.45) is 16.7. The fourth-order valence-electron chi connectivity index (χ4n) is 17.3. The van der Waals surface area contributed by atoms with Gasteiger partial charge in [-0.15, -0.1) is 0 Å². The minimum absolute atomic E-state index is 0.00313. The van der Waals surface area contributed by atoms with Crippen molar-refractivity contribution in [2.45, 2.75) is 94.8 Å². The number of furan rings is 1. The lowest BCUT2D eigenvalue weighted by molar-refractivity contribution is 0.139. The first-order valence-corrected chi connectivity index (χ1v) is 25.1. The summed E-state index contributed by atoms with van der Waals surface area (Å²) in [4.78, 5) is 0. The first kappa shape index (κ1) is 34.6. The highest BCUT2D eigenvalue weighted by molar-refractivity contribution is 6.90. The van der Waals surface area contributed by atoms with Crippen molar-refractivity contribution in [3.8, 4) is 16.8 Å². The Morgan fingerprint density at radius 3 is 2.31 bits per heavy atom. The van der Waals surface area contributed by atoms with Gasteiger partial charge in [-0.25, -0.2) is 0 Å². The molecule has 0 spiro atoms. The van der Waals surface area contributed by atoms with Crippen molar-refractivity contribution in [1.82, 2.24) is 9.05 Å². The van der Waals surface area contributed by atoms with E-state index < -0.39 is 0 Å². The Labute approximate surface area is 373 Å². The fraction of sp³-hybridized carbons (Fsp3) is 0.333. The molecule has 5 heterocycles. The van der Waals surface area contributed by atoms with Crippen molar-refractivity contribution in [3.63, 3.8) is 0 Å². The van der Waals surface area contributed by atoms with Crippen LogP contribution in [0.15, 0.2) is 120 Å². The van der Waals surface area contributed by atoms with Gasteiger partial charge < -0.3 is 13.5 Å². The summed E-state index contributed by atoms with van der Waals surface area (Å²) in [6.45, 7) is 2.50. The van der Waals surface area contributed by atoms with E-state index in [4.69, 9.17) is 4.42 Å². The van der Waals surface area contributed by atoms with Gasteiger partial charge in [0.15, 0.2) is 5.58 Å². The molecule has 0 saturated heterocycles. The number of benzene rings is 7. The molecule has 5 bridgehead atoms. The normalized spacial score (nSPS) is 28.3. The predicted octanol–water partition coefficient (Wildman–Crippen LogP) is 14.2. The molecule has 5 fully saturated rings. The maximum Gasteiger partial charge on any atom is 0.333 e. The maximum atomic E-state index is 7.22. The average Bonchev–Trinajstić information content (AvgIpc) is 4.12. The van der Waals surface area contributed by atoms with Gasteiger partial charge in [0.05, 0.1) is 16.7 Å². The van der Waals surface area contributed by atoms with E-state index in [0.29, 0.717) is 0 Å². The van der Waals surface area contributed by atoms with Crippen LogP contribution in [0.5, 0.6) is 0 Å². The van der Waals surface area contributed by atoms with Crippen LogP contribution in [0.2, 0.25) is 0 Å². The van der Waals surface area contributed by atoms with Crippen molar-refractivity contribution in [3.05, 3.63) is 126 Å². The van der Waals surface area contributed by atoms with Crippen molar-refractivity contribution in [1.29, 1.82) is 0 Å². The standard InChI is InChI=1S/C60H51BN2O/c1-2-59(29-33-14-15-34(22-33)30-59)39-17-19-51-45(25-39)47-26-40(60-21-20-37-23-35(31-60)24-38(37)32-60)27-48-46-28-49-42-10-5-6-13-52(42)64-58(49)57-53(46)61(63(51)55(47)48)50-12-7-11-43-44-18-16-36-8-3-4-9-41(36)54(44)62(57)56(43)50/h3-13,16-19,25-28,33-35,37-38H,2,14-15,20-24,29-32H2,1H3. The number of aromatic nitrogens is 2. The van der Waals surface area contributed by atoms with Crippen LogP contribution < -0.4 is 10.9 Å². The molecule has 6 atom stereocenters. The third-order valence-corrected chi connectivity index (χ3v) is 19.8. The average molecular weight is 827 g/mol. The SMILES string of the molecule is CCC1(c2ccc3c(c2)c2cc(C45CCC6CC(CC6C4)C5)cc4c2n3B2c3c-4cc4c(oc5ccccc54)c3-n3c4c2cccc4c2ccc4ccccc4c23)CC2CCC(C2)C1. The van der Waals surface area contributed by atoms with E-state index in [-0.39, 0.29) is 17.7 Å². The number of para-hydroxylation sites is 2. The summed E-state index contributed by atoms with van der Waals surface area (Å²) in [6, 6.07) is 45.8. The van der Waals surface area contributed by atoms with E-state index in [0.717, 1.165) is 40.8 Å². The molecule has 3 nitrogen and oxygen atoms in total. The summed E-state index contributed by atoms with van der Waals surface area (Å²) in [5.41, 5.74) is 18.1.